The molecule has 0 aliphatic carbocycles. The minimum absolute atomic E-state index is 0.112. The van der Waals surface area contributed by atoms with Crippen molar-refractivity contribution in [2.45, 2.75) is 19.5 Å². The molecule has 0 aromatic heterocycles. The van der Waals surface area contributed by atoms with Gasteiger partial charge in [0.25, 0.3) is 0 Å². The zero-order valence-corrected chi connectivity index (χ0v) is 12.3. The van der Waals surface area contributed by atoms with Gasteiger partial charge in [0, 0.05) is 25.7 Å². The van der Waals surface area contributed by atoms with Crippen LogP contribution in [-0.4, -0.2) is 45.2 Å². The first-order chi connectivity index (χ1) is 9.02. The van der Waals surface area contributed by atoms with Gasteiger partial charge in [-0.3, -0.25) is 0 Å². The van der Waals surface area contributed by atoms with E-state index in [0.717, 1.165) is 24.3 Å². The van der Waals surface area contributed by atoms with Crippen molar-refractivity contribution in [1.29, 1.82) is 0 Å². The number of nitrogens with zero attached hydrogens (tertiary/aromatic N) is 2. The molecular weight excluding hydrogens is 241 g/mol. The number of likely N-dealkylation sites (N-methyl/N-ethyl adjacent to an activating group) is 1. The predicted molar refractivity (Wildman–Crippen MR) is 78.0 cm³/mol. The van der Waals surface area contributed by atoms with Gasteiger partial charge in [-0.2, -0.15) is 0 Å². The summed E-state index contributed by atoms with van der Waals surface area (Å²) in [6.07, 6.45) is 0. The van der Waals surface area contributed by atoms with E-state index in [2.05, 4.69) is 36.1 Å². The Labute approximate surface area is 115 Å². The molecule has 2 rings (SSSR count). The fraction of sp³-hybridized carbons (Fsp3) is 0.600. The third-order valence-electron chi connectivity index (χ3n) is 3.97. The highest BCUT2D eigenvalue weighted by atomic mass is 19.1. The summed E-state index contributed by atoms with van der Waals surface area (Å²) in [6.45, 7) is 4.76. The Balaban J connectivity index is 2.15. The van der Waals surface area contributed by atoms with Gasteiger partial charge in [-0.15, -0.1) is 0 Å². The van der Waals surface area contributed by atoms with Crippen LogP contribution in [0.3, 0.4) is 0 Å². The van der Waals surface area contributed by atoms with Gasteiger partial charge in [-0.1, -0.05) is 13.0 Å². The van der Waals surface area contributed by atoms with E-state index in [1.807, 2.05) is 19.2 Å². The maximum absolute atomic E-state index is 14.2. The second-order valence-electron chi connectivity index (χ2n) is 5.73. The van der Waals surface area contributed by atoms with Crippen molar-refractivity contribution in [3.05, 3.63) is 29.6 Å². The highest BCUT2D eigenvalue weighted by Crippen LogP contribution is 2.28. The molecule has 1 fully saturated rings. The van der Waals surface area contributed by atoms with Gasteiger partial charge in [-0.05, 0) is 44.8 Å². The van der Waals surface area contributed by atoms with Crippen LogP contribution >= 0.6 is 0 Å². The Morgan fingerprint density at radius 1 is 1.37 bits per heavy atom. The van der Waals surface area contributed by atoms with Crippen LogP contribution in [0.2, 0.25) is 0 Å². The summed E-state index contributed by atoms with van der Waals surface area (Å²) in [4.78, 5) is 4.39. The molecular formula is C15H24FN3. The van der Waals surface area contributed by atoms with E-state index in [-0.39, 0.29) is 5.82 Å². The number of rotatable bonds is 4. The number of benzene rings is 1. The fourth-order valence-electron chi connectivity index (χ4n) is 2.94. The zero-order chi connectivity index (χ0) is 14.0. The van der Waals surface area contributed by atoms with Crippen molar-refractivity contribution >= 4 is 5.69 Å². The van der Waals surface area contributed by atoms with Crippen LogP contribution in [0.1, 0.15) is 12.5 Å². The standard InChI is InChI=1S/C15H24FN3/c1-11-9-19(10-15(11)18(3)4)14-6-5-12(8-17-2)7-13(14)16/h5-7,11,15,17H,8-10H2,1-4H3. The van der Waals surface area contributed by atoms with Crippen molar-refractivity contribution in [2.75, 3.05) is 39.1 Å². The second kappa shape index (κ2) is 5.88. The third-order valence-corrected chi connectivity index (χ3v) is 3.97. The van der Waals surface area contributed by atoms with Crippen LogP contribution in [0, 0.1) is 11.7 Å². The lowest BCUT2D eigenvalue weighted by Gasteiger charge is -2.23. The first-order valence-electron chi connectivity index (χ1n) is 6.87. The predicted octanol–water partition coefficient (Wildman–Crippen LogP) is 1.93. The molecule has 0 bridgehead atoms. The van der Waals surface area contributed by atoms with Gasteiger partial charge >= 0.3 is 0 Å². The minimum atomic E-state index is -0.112. The Kier molecular flexibility index (Phi) is 4.42. The lowest BCUT2D eigenvalue weighted by atomic mass is 10.1. The van der Waals surface area contributed by atoms with Gasteiger partial charge in [0.2, 0.25) is 0 Å². The van der Waals surface area contributed by atoms with Gasteiger partial charge in [0.15, 0.2) is 0 Å². The van der Waals surface area contributed by atoms with E-state index in [1.54, 1.807) is 6.07 Å². The molecule has 0 amide bonds. The molecule has 0 saturated carbocycles. The molecule has 1 aliphatic rings. The monoisotopic (exact) mass is 265 g/mol. The van der Waals surface area contributed by atoms with E-state index in [4.69, 9.17) is 0 Å². The number of nitrogens with one attached hydrogen (secondary N) is 1. The van der Waals surface area contributed by atoms with Crippen molar-refractivity contribution < 1.29 is 4.39 Å². The summed E-state index contributed by atoms with van der Waals surface area (Å²) in [5.74, 6) is 0.450. The lowest BCUT2D eigenvalue weighted by molar-refractivity contribution is 0.266. The Bertz CT molecular complexity index is 433. The Hall–Kier alpha value is -1.13. The normalized spacial score (nSPS) is 23.4. The van der Waals surface area contributed by atoms with Crippen LogP contribution in [0.5, 0.6) is 0 Å². The molecule has 1 N–H and O–H groups in total. The van der Waals surface area contributed by atoms with Crippen molar-refractivity contribution in [1.82, 2.24) is 10.2 Å². The maximum atomic E-state index is 14.2. The number of anilines is 1. The maximum Gasteiger partial charge on any atom is 0.146 e. The molecule has 1 saturated heterocycles. The van der Waals surface area contributed by atoms with E-state index >= 15 is 0 Å². The number of hydrogen-bond acceptors (Lipinski definition) is 3. The zero-order valence-electron chi connectivity index (χ0n) is 12.3. The fourth-order valence-corrected chi connectivity index (χ4v) is 2.94. The molecule has 2 atom stereocenters. The van der Waals surface area contributed by atoms with Crippen LogP contribution in [0.15, 0.2) is 18.2 Å². The van der Waals surface area contributed by atoms with Crippen molar-refractivity contribution in [3.8, 4) is 0 Å². The van der Waals surface area contributed by atoms with E-state index in [9.17, 15) is 4.39 Å². The topological polar surface area (TPSA) is 18.5 Å². The largest absolute Gasteiger partial charge is 0.367 e. The summed E-state index contributed by atoms with van der Waals surface area (Å²) >= 11 is 0. The van der Waals surface area contributed by atoms with Crippen molar-refractivity contribution in [3.63, 3.8) is 0 Å². The van der Waals surface area contributed by atoms with Crippen LogP contribution in [-0.2, 0) is 6.54 Å². The highest BCUT2D eigenvalue weighted by molar-refractivity contribution is 5.50. The van der Waals surface area contributed by atoms with Gasteiger partial charge in [0.1, 0.15) is 5.82 Å². The highest BCUT2D eigenvalue weighted by Gasteiger charge is 2.32. The lowest BCUT2D eigenvalue weighted by Crippen LogP contribution is -2.34. The first-order valence-corrected chi connectivity index (χ1v) is 6.87. The van der Waals surface area contributed by atoms with Crippen LogP contribution in [0.25, 0.3) is 0 Å². The molecule has 1 aliphatic heterocycles. The Morgan fingerprint density at radius 2 is 2.11 bits per heavy atom. The average Bonchev–Trinajstić information content (AvgIpc) is 2.72. The SMILES string of the molecule is CNCc1ccc(N2CC(C)C(N(C)C)C2)c(F)c1. The van der Waals surface area contributed by atoms with Gasteiger partial charge < -0.3 is 15.1 Å². The summed E-state index contributed by atoms with van der Waals surface area (Å²) in [6, 6.07) is 6.05. The van der Waals surface area contributed by atoms with Crippen LogP contribution < -0.4 is 10.2 Å². The molecule has 4 heteroatoms. The Morgan fingerprint density at radius 3 is 2.63 bits per heavy atom. The molecule has 19 heavy (non-hydrogen) atoms. The summed E-state index contributed by atoms with van der Waals surface area (Å²) in [7, 11) is 6.06. The number of halogens is 1. The molecule has 1 aromatic carbocycles. The van der Waals surface area contributed by atoms with E-state index in [1.165, 1.54) is 0 Å². The average molecular weight is 265 g/mol. The van der Waals surface area contributed by atoms with E-state index in [0.29, 0.717) is 18.5 Å². The molecule has 1 heterocycles. The molecule has 0 spiro atoms. The summed E-state index contributed by atoms with van der Waals surface area (Å²) in [5.41, 5.74) is 1.72. The first kappa shape index (κ1) is 14.3. The molecule has 3 nitrogen and oxygen atoms in total. The second-order valence-corrected chi connectivity index (χ2v) is 5.73. The minimum Gasteiger partial charge on any atom is -0.367 e. The number of hydrogen-bond donors (Lipinski definition) is 1. The summed E-state index contributed by atoms with van der Waals surface area (Å²) in [5, 5.41) is 3.04. The molecule has 1 aromatic rings. The third kappa shape index (κ3) is 3.07. The van der Waals surface area contributed by atoms with Gasteiger partial charge in [-0.25, -0.2) is 4.39 Å². The quantitative estimate of drug-likeness (QED) is 0.897. The smallest absolute Gasteiger partial charge is 0.146 e. The molecule has 0 radical (unpaired) electrons. The van der Waals surface area contributed by atoms with Crippen molar-refractivity contribution in [2.24, 2.45) is 5.92 Å². The molecule has 106 valence electrons. The van der Waals surface area contributed by atoms with E-state index < -0.39 is 0 Å². The van der Waals surface area contributed by atoms with Gasteiger partial charge in [0.05, 0.1) is 5.69 Å². The molecule has 2 unspecified atom stereocenters. The van der Waals surface area contributed by atoms with Crippen LogP contribution in [0.4, 0.5) is 10.1 Å². The summed E-state index contributed by atoms with van der Waals surface area (Å²) < 4.78 is 14.2.